The van der Waals surface area contributed by atoms with E-state index in [1.807, 2.05) is 0 Å². The van der Waals surface area contributed by atoms with Gasteiger partial charge < -0.3 is 20.8 Å². The van der Waals surface area contributed by atoms with Crippen molar-refractivity contribution in [3.05, 3.63) is 12.4 Å². The number of aromatic nitrogens is 3. The van der Waals surface area contributed by atoms with Crippen LogP contribution in [-0.4, -0.2) is 38.6 Å². The van der Waals surface area contributed by atoms with E-state index < -0.39 is 23.6 Å². The average Bonchev–Trinajstić information content (AvgIpc) is 2.79. The second-order valence-electron chi connectivity index (χ2n) is 6.05. The second-order valence-corrected chi connectivity index (χ2v) is 6.05. The fourth-order valence-corrected chi connectivity index (χ4v) is 1.76. The van der Waals surface area contributed by atoms with Gasteiger partial charge >= 0.3 is 6.09 Å². The third kappa shape index (κ3) is 4.24. The maximum Gasteiger partial charge on any atom is 0.408 e. The number of alkyl carbamates (subject to hydrolysis) is 1. The van der Waals surface area contributed by atoms with E-state index in [9.17, 15) is 9.59 Å². The Morgan fingerprint density at radius 2 is 1.92 bits per heavy atom. The Morgan fingerprint density at radius 1 is 1.29 bits per heavy atom. The van der Waals surface area contributed by atoms with Crippen LogP contribution in [0.4, 0.5) is 16.4 Å². The van der Waals surface area contributed by atoms with Crippen LogP contribution in [0.1, 0.15) is 27.7 Å². The molecule has 0 saturated carbocycles. The number of ether oxygens (including phenoxy) is 1. The number of fused-ring (bicyclic) bond motifs is 1. The zero-order chi connectivity index (χ0) is 17.9. The van der Waals surface area contributed by atoms with Gasteiger partial charge in [0.1, 0.15) is 28.5 Å². The summed E-state index contributed by atoms with van der Waals surface area (Å²) in [6.45, 7) is 6.65. The predicted octanol–water partition coefficient (Wildman–Crippen LogP) is 2.06. The molecule has 0 aliphatic heterocycles. The topological polar surface area (TPSA) is 148 Å². The van der Waals surface area contributed by atoms with E-state index in [0.29, 0.717) is 11.0 Å². The third-order valence-electron chi connectivity index (χ3n) is 2.78. The first-order chi connectivity index (χ1) is 11.2. The van der Waals surface area contributed by atoms with Crippen LogP contribution < -0.4 is 11.1 Å². The molecule has 1 atom stereocenters. The molecule has 2 heterocycles. The van der Waals surface area contributed by atoms with Crippen molar-refractivity contribution < 1.29 is 14.3 Å². The van der Waals surface area contributed by atoms with Gasteiger partial charge in [-0.3, -0.25) is 4.79 Å². The molecule has 0 aromatic carbocycles. The van der Waals surface area contributed by atoms with E-state index in [4.69, 9.17) is 10.5 Å². The molecule has 2 amide bonds. The molecule has 2 rings (SSSR count). The number of nitrogens with zero attached hydrogens (tertiary/aromatic N) is 4. The summed E-state index contributed by atoms with van der Waals surface area (Å²) in [4.78, 5) is 34.5. The van der Waals surface area contributed by atoms with E-state index in [1.165, 1.54) is 19.3 Å². The van der Waals surface area contributed by atoms with E-state index in [0.717, 1.165) is 0 Å². The van der Waals surface area contributed by atoms with Crippen molar-refractivity contribution in [1.29, 1.82) is 0 Å². The monoisotopic (exact) mass is 333 g/mol. The average molecular weight is 333 g/mol. The van der Waals surface area contributed by atoms with Crippen LogP contribution in [0.15, 0.2) is 22.6 Å². The highest BCUT2D eigenvalue weighted by atomic mass is 16.6. The van der Waals surface area contributed by atoms with Crippen LogP contribution in [0.25, 0.3) is 11.0 Å². The summed E-state index contributed by atoms with van der Waals surface area (Å²) in [7, 11) is 0. The summed E-state index contributed by atoms with van der Waals surface area (Å²) in [6, 6.07) is -0.895. The lowest BCUT2D eigenvalue weighted by molar-refractivity contribution is -0.119. The summed E-state index contributed by atoms with van der Waals surface area (Å²) in [5, 5.41) is 9.76. The van der Waals surface area contributed by atoms with E-state index in [1.54, 1.807) is 20.8 Å². The predicted molar refractivity (Wildman–Crippen MR) is 86.7 cm³/mol. The Morgan fingerprint density at radius 3 is 2.54 bits per heavy atom. The van der Waals surface area contributed by atoms with Crippen molar-refractivity contribution in [3.63, 3.8) is 0 Å². The highest BCUT2D eigenvalue weighted by Crippen LogP contribution is 2.26. The lowest BCUT2D eigenvalue weighted by Gasteiger charge is -2.20. The van der Waals surface area contributed by atoms with Crippen molar-refractivity contribution in [3.8, 4) is 0 Å². The van der Waals surface area contributed by atoms with Crippen LogP contribution in [-0.2, 0) is 9.53 Å². The zero-order valence-corrected chi connectivity index (χ0v) is 13.8. The number of hydrogen-bond acceptors (Lipinski definition) is 7. The molecule has 128 valence electrons. The van der Waals surface area contributed by atoms with Crippen LogP contribution >= 0.6 is 0 Å². The number of azo groups is 1. The molecule has 0 saturated heterocycles. The summed E-state index contributed by atoms with van der Waals surface area (Å²) in [5.74, 6) is -0.154. The van der Waals surface area contributed by atoms with Crippen molar-refractivity contribution in [2.45, 2.75) is 39.3 Å². The summed E-state index contributed by atoms with van der Waals surface area (Å²) in [5.41, 5.74) is 5.94. The van der Waals surface area contributed by atoms with Gasteiger partial charge in [0.2, 0.25) is 0 Å². The fourth-order valence-electron chi connectivity index (χ4n) is 1.76. The summed E-state index contributed by atoms with van der Waals surface area (Å²) in [6.07, 6.45) is 2.26. The Labute approximate surface area is 137 Å². The van der Waals surface area contributed by atoms with Crippen molar-refractivity contribution in [2.24, 2.45) is 10.2 Å². The molecular formula is C14H19N7O3. The number of amides is 2. The van der Waals surface area contributed by atoms with Gasteiger partial charge in [0, 0.05) is 12.4 Å². The van der Waals surface area contributed by atoms with Gasteiger partial charge in [-0.2, -0.15) is 0 Å². The molecule has 10 heteroatoms. The molecule has 0 aliphatic rings. The van der Waals surface area contributed by atoms with E-state index in [-0.39, 0.29) is 11.6 Å². The van der Waals surface area contributed by atoms with Gasteiger partial charge in [0.15, 0.2) is 5.82 Å². The number of aromatic amines is 1. The molecule has 0 radical (unpaired) electrons. The number of hydrogen-bond donors (Lipinski definition) is 3. The number of carbonyl (C=O) groups excluding carboxylic acids is 2. The Kier molecular flexibility index (Phi) is 4.77. The molecule has 10 nitrogen and oxygen atoms in total. The second kappa shape index (κ2) is 6.60. The van der Waals surface area contributed by atoms with Crippen LogP contribution in [0.2, 0.25) is 0 Å². The van der Waals surface area contributed by atoms with Crippen LogP contribution in [0.3, 0.4) is 0 Å². The van der Waals surface area contributed by atoms with Gasteiger partial charge in [-0.1, -0.05) is 0 Å². The molecule has 2 aromatic rings. The molecule has 0 spiro atoms. The highest BCUT2D eigenvalue weighted by Gasteiger charge is 2.21. The zero-order valence-electron chi connectivity index (χ0n) is 13.8. The normalized spacial score (nSPS) is 13.2. The standard InChI is InChI=1S/C14H19N7O3/c1-7(18-13(23)24-14(2,3)4)12(22)21-20-11-9-8(10(15)19-11)16-5-6-17-9/h5-7,19H,15H2,1-4H3,(H,18,23)/t7-/m0/s1. The molecule has 24 heavy (non-hydrogen) atoms. The van der Waals surface area contributed by atoms with Gasteiger partial charge in [-0.25, -0.2) is 14.8 Å². The van der Waals surface area contributed by atoms with Gasteiger partial charge in [0.25, 0.3) is 5.91 Å². The number of nitrogen functional groups attached to an aromatic ring is 1. The lowest BCUT2D eigenvalue weighted by Crippen LogP contribution is -2.41. The number of rotatable bonds is 3. The van der Waals surface area contributed by atoms with E-state index >= 15 is 0 Å². The van der Waals surface area contributed by atoms with Gasteiger partial charge in [-0.05, 0) is 27.7 Å². The largest absolute Gasteiger partial charge is 0.444 e. The molecule has 0 bridgehead atoms. The van der Waals surface area contributed by atoms with Crippen LogP contribution in [0.5, 0.6) is 0 Å². The number of anilines is 1. The summed E-state index contributed by atoms with van der Waals surface area (Å²) < 4.78 is 5.07. The maximum atomic E-state index is 11.9. The molecule has 0 unspecified atom stereocenters. The quantitative estimate of drug-likeness (QED) is 0.732. The Balaban J connectivity index is 2.05. The highest BCUT2D eigenvalue weighted by molar-refractivity contribution is 5.93. The molecular weight excluding hydrogens is 314 g/mol. The molecule has 0 fully saturated rings. The fraction of sp³-hybridized carbons (Fsp3) is 0.429. The van der Waals surface area contributed by atoms with Gasteiger partial charge in [0.05, 0.1) is 0 Å². The first-order valence-corrected chi connectivity index (χ1v) is 7.20. The Hall–Kier alpha value is -3.04. The minimum absolute atomic E-state index is 0.216. The number of nitrogens with one attached hydrogen (secondary N) is 2. The third-order valence-corrected chi connectivity index (χ3v) is 2.78. The lowest BCUT2D eigenvalue weighted by atomic mass is 10.2. The number of carbonyl (C=O) groups is 2. The van der Waals surface area contributed by atoms with Gasteiger partial charge in [-0.15, -0.1) is 10.2 Å². The minimum Gasteiger partial charge on any atom is -0.444 e. The van der Waals surface area contributed by atoms with Crippen molar-refractivity contribution in [1.82, 2.24) is 20.3 Å². The van der Waals surface area contributed by atoms with Crippen molar-refractivity contribution >= 4 is 34.7 Å². The number of nitrogens with two attached hydrogens (primary N) is 1. The first kappa shape index (κ1) is 17.3. The smallest absolute Gasteiger partial charge is 0.408 e. The summed E-state index contributed by atoms with van der Waals surface area (Å²) >= 11 is 0. The van der Waals surface area contributed by atoms with E-state index in [2.05, 4.69) is 30.5 Å². The molecule has 4 N–H and O–H groups in total. The van der Waals surface area contributed by atoms with Crippen LogP contribution in [0, 0.1) is 0 Å². The maximum absolute atomic E-state index is 11.9. The minimum atomic E-state index is -0.895. The Bertz CT molecular complexity index is 791. The first-order valence-electron chi connectivity index (χ1n) is 7.20. The number of H-pyrrole nitrogens is 1. The molecule has 0 aliphatic carbocycles. The molecule has 2 aromatic heterocycles. The SMILES string of the molecule is C[C@H](NC(=O)OC(C)(C)C)C(=O)N=Nc1[nH]c(N)c2nccnc12. The van der Waals surface area contributed by atoms with Crippen molar-refractivity contribution in [2.75, 3.05) is 5.73 Å².